The van der Waals surface area contributed by atoms with Crippen molar-refractivity contribution in [2.75, 3.05) is 6.61 Å². The summed E-state index contributed by atoms with van der Waals surface area (Å²) >= 11 is 0. The lowest BCUT2D eigenvalue weighted by molar-refractivity contribution is -0.146. The lowest BCUT2D eigenvalue weighted by Crippen LogP contribution is -2.13. The van der Waals surface area contributed by atoms with E-state index in [0.717, 1.165) is 6.42 Å². The number of ether oxygens (including phenoxy) is 2. The maximum Gasteiger partial charge on any atom is 0.307 e. The maximum atomic E-state index is 11.5. The molecule has 0 aromatic heterocycles. The second-order valence-corrected chi connectivity index (χ2v) is 5.86. The number of unbranched alkanes of at least 4 members (excludes halogenated alkanes) is 6. The van der Waals surface area contributed by atoms with Crippen LogP contribution < -0.4 is 0 Å². The molecule has 1 atom stereocenters. The first-order chi connectivity index (χ1) is 11.6. The highest BCUT2D eigenvalue weighted by Crippen LogP contribution is 2.07. The number of allylic oxidation sites excluding steroid dienone is 1. The van der Waals surface area contributed by atoms with Crippen molar-refractivity contribution in [3.8, 4) is 12.3 Å². The molecule has 136 valence electrons. The molecule has 24 heavy (non-hydrogen) atoms. The van der Waals surface area contributed by atoms with E-state index < -0.39 is 6.10 Å². The number of hydrogen-bond acceptors (Lipinski definition) is 4. The van der Waals surface area contributed by atoms with Crippen LogP contribution in [0.3, 0.4) is 0 Å². The van der Waals surface area contributed by atoms with E-state index in [1.54, 1.807) is 6.92 Å². The van der Waals surface area contributed by atoms with Crippen molar-refractivity contribution in [2.45, 2.75) is 84.2 Å². The molecule has 0 saturated heterocycles. The van der Waals surface area contributed by atoms with E-state index in [1.807, 2.05) is 6.08 Å². The van der Waals surface area contributed by atoms with Crippen LogP contribution in [0.15, 0.2) is 12.2 Å². The van der Waals surface area contributed by atoms with Gasteiger partial charge in [-0.25, -0.2) is 0 Å². The molecule has 4 heteroatoms. The molecular weight excluding hydrogens is 304 g/mol. The number of carbonyl (C=O) groups excluding carboxylic acids is 2. The SMILES string of the molecule is C#CC(C)OC(=O)CCCC(=O)OC/C=C/CCCCCCCC. The van der Waals surface area contributed by atoms with Gasteiger partial charge in [-0.3, -0.25) is 9.59 Å². The van der Waals surface area contributed by atoms with E-state index in [9.17, 15) is 9.59 Å². The van der Waals surface area contributed by atoms with Gasteiger partial charge in [-0.2, -0.15) is 0 Å². The molecule has 0 aromatic carbocycles. The minimum absolute atomic E-state index is 0.176. The van der Waals surface area contributed by atoms with Crippen LogP contribution in [0.25, 0.3) is 0 Å². The van der Waals surface area contributed by atoms with Gasteiger partial charge in [0.05, 0.1) is 0 Å². The highest BCUT2D eigenvalue weighted by molar-refractivity contribution is 5.72. The summed E-state index contributed by atoms with van der Waals surface area (Å²) in [5, 5.41) is 0. The van der Waals surface area contributed by atoms with Gasteiger partial charge in [0.15, 0.2) is 6.10 Å². The van der Waals surface area contributed by atoms with Gasteiger partial charge in [0.2, 0.25) is 0 Å². The normalized spacial score (nSPS) is 11.9. The van der Waals surface area contributed by atoms with Gasteiger partial charge in [-0.05, 0) is 26.2 Å². The van der Waals surface area contributed by atoms with Crippen LogP contribution in [-0.4, -0.2) is 24.6 Å². The molecule has 0 aromatic rings. The highest BCUT2D eigenvalue weighted by Gasteiger charge is 2.09. The Morgan fingerprint density at radius 2 is 1.67 bits per heavy atom. The monoisotopic (exact) mass is 336 g/mol. The lowest BCUT2D eigenvalue weighted by Gasteiger charge is -2.06. The smallest absolute Gasteiger partial charge is 0.307 e. The van der Waals surface area contributed by atoms with Crippen molar-refractivity contribution in [3.05, 3.63) is 12.2 Å². The Morgan fingerprint density at radius 1 is 1.00 bits per heavy atom. The van der Waals surface area contributed by atoms with Crippen LogP contribution in [0, 0.1) is 12.3 Å². The van der Waals surface area contributed by atoms with Gasteiger partial charge in [0.25, 0.3) is 0 Å². The summed E-state index contributed by atoms with van der Waals surface area (Å²) in [4.78, 5) is 22.9. The molecule has 0 amide bonds. The standard InChI is InChI=1S/C20H32O4/c1-4-6-7-8-9-10-11-12-13-17-23-19(21)15-14-16-20(22)24-18(3)5-2/h2,12-13,18H,4,6-11,14-17H2,1,3H3/b13-12+. The van der Waals surface area contributed by atoms with E-state index in [1.165, 1.54) is 38.5 Å². The van der Waals surface area contributed by atoms with Crippen LogP contribution in [0.1, 0.15) is 78.1 Å². The number of hydrogen-bond donors (Lipinski definition) is 0. The molecule has 0 bridgehead atoms. The Bertz CT molecular complexity index is 406. The van der Waals surface area contributed by atoms with Crippen molar-refractivity contribution in [1.29, 1.82) is 0 Å². The quantitative estimate of drug-likeness (QED) is 0.202. The molecule has 0 aliphatic rings. The first-order valence-corrected chi connectivity index (χ1v) is 9.06. The number of esters is 2. The summed E-state index contributed by atoms with van der Waals surface area (Å²) in [7, 11) is 0. The predicted octanol–water partition coefficient (Wildman–Crippen LogP) is 4.57. The third kappa shape index (κ3) is 15.1. The fourth-order valence-corrected chi connectivity index (χ4v) is 2.11. The van der Waals surface area contributed by atoms with E-state index >= 15 is 0 Å². The first-order valence-electron chi connectivity index (χ1n) is 9.06. The molecule has 0 rings (SSSR count). The second-order valence-electron chi connectivity index (χ2n) is 5.86. The highest BCUT2D eigenvalue weighted by atomic mass is 16.5. The summed E-state index contributed by atoms with van der Waals surface area (Å²) in [6.45, 7) is 4.15. The van der Waals surface area contributed by atoms with Crippen LogP contribution >= 0.6 is 0 Å². The molecule has 0 aliphatic heterocycles. The zero-order valence-electron chi connectivity index (χ0n) is 15.2. The first kappa shape index (κ1) is 22.2. The van der Waals surface area contributed by atoms with Crippen LogP contribution in [0.4, 0.5) is 0 Å². The van der Waals surface area contributed by atoms with Crippen LogP contribution in [-0.2, 0) is 19.1 Å². The zero-order chi connectivity index (χ0) is 18.0. The van der Waals surface area contributed by atoms with Crippen molar-refractivity contribution in [2.24, 2.45) is 0 Å². The molecule has 0 saturated carbocycles. The summed E-state index contributed by atoms with van der Waals surface area (Å²) in [5.41, 5.74) is 0. The predicted molar refractivity (Wildman–Crippen MR) is 96.3 cm³/mol. The average molecular weight is 336 g/mol. The molecule has 0 N–H and O–H groups in total. The summed E-state index contributed by atoms with van der Waals surface area (Å²) < 4.78 is 9.99. The fourth-order valence-electron chi connectivity index (χ4n) is 2.11. The van der Waals surface area contributed by atoms with Gasteiger partial charge in [0.1, 0.15) is 6.61 Å². The largest absolute Gasteiger partial charge is 0.461 e. The Labute approximate surface area is 147 Å². The minimum atomic E-state index is -0.527. The van der Waals surface area contributed by atoms with E-state index in [2.05, 4.69) is 18.9 Å². The summed E-state index contributed by atoms with van der Waals surface area (Å²) in [5.74, 6) is 1.64. The molecule has 0 spiro atoms. The van der Waals surface area contributed by atoms with E-state index in [0.29, 0.717) is 13.0 Å². The van der Waals surface area contributed by atoms with Gasteiger partial charge in [-0.15, -0.1) is 6.42 Å². The van der Waals surface area contributed by atoms with Crippen molar-refractivity contribution >= 4 is 11.9 Å². The third-order valence-electron chi connectivity index (χ3n) is 3.54. The van der Waals surface area contributed by atoms with Gasteiger partial charge in [-0.1, -0.05) is 57.1 Å². The van der Waals surface area contributed by atoms with E-state index in [4.69, 9.17) is 15.9 Å². The minimum Gasteiger partial charge on any atom is -0.461 e. The molecular formula is C20H32O4. The van der Waals surface area contributed by atoms with Gasteiger partial charge >= 0.3 is 11.9 Å². The van der Waals surface area contributed by atoms with Crippen LogP contribution in [0.5, 0.6) is 0 Å². The molecule has 1 unspecified atom stereocenters. The third-order valence-corrected chi connectivity index (χ3v) is 3.54. The summed E-state index contributed by atoms with van der Waals surface area (Å²) in [6, 6.07) is 0. The number of carbonyl (C=O) groups is 2. The maximum absolute atomic E-state index is 11.5. The van der Waals surface area contributed by atoms with Crippen LogP contribution in [0.2, 0.25) is 0 Å². The zero-order valence-corrected chi connectivity index (χ0v) is 15.2. The van der Waals surface area contributed by atoms with Gasteiger partial charge in [0, 0.05) is 12.8 Å². The Morgan fingerprint density at radius 3 is 2.38 bits per heavy atom. The topological polar surface area (TPSA) is 52.6 Å². The van der Waals surface area contributed by atoms with Gasteiger partial charge < -0.3 is 9.47 Å². The average Bonchev–Trinajstić information content (AvgIpc) is 2.56. The summed E-state index contributed by atoms with van der Waals surface area (Å²) in [6.07, 6.45) is 18.0. The Kier molecular flexibility index (Phi) is 14.9. The van der Waals surface area contributed by atoms with Crippen molar-refractivity contribution in [1.82, 2.24) is 0 Å². The second kappa shape index (κ2) is 16.1. The Balaban J connectivity index is 3.48. The molecule has 0 fully saturated rings. The van der Waals surface area contributed by atoms with Crippen molar-refractivity contribution < 1.29 is 19.1 Å². The molecule has 0 heterocycles. The number of terminal acetylenes is 1. The fraction of sp³-hybridized carbons (Fsp3) is 0.700. The number of rotatable bonds is 14. The van der Waals surface area contributed by atoms with E-state index in [-0.39, 0.29) is 24.8 Å². The van der Waals surface area contributed by atoms with Crippen molar-refractivity contribution in [3.63, 3.8) is 0 Å². The lowest BCUT2D eigenvalue weighted by atomic mass is 10.1. The molecule has 4 nitrogen and oxygen atoms in total. The molecule has 0 aliphatic carbocycles. The Hall–Kier alpha value is -1.76. The molecule has 0 radical (unpaired) electrons.